The smallest absolute Gasteiger partial charge is 0.250 e. The number of hydrogen-bond acceptors (Lipinski definition) is 4. The minimum absolute atomic E-state index is 0.0555. The van der Waals surface area contributed by atoms with E-state index >= 15 is 0 Å². The second kappa shape index (κ2) is 7.55. The summed E-state index contributed by atoms with van der Waals surface area (Å²) in [6.07, 6.45) is 6.07. The van der Waals surface area contributed by atoms with E-state index in [0.29, 0.717) is 0 Å². The van der Waals surface area contributed by atoms with Crippen molar-refractivity contribution in [3.05, 3.63) is 36.6 Å². The Kier molecular flexibility index (Phi) is 5.43. The van der Waals surface area contributed by atoms with Gasteiger partial charge in [-0.15, -0.1) is 0 Å². The summed E-state index contributed by atoms with van der Waals surface area (Å²) in [6.45, 7) is 0.805. The Balaban J connectivity index is 1.85. The molecule has 0 spiro atoms. The second-order valence-corrected chi connectivity index (χ2v) is 4.65. The van der Waals surface area contributed by atoms with Crippen molar-refractivity contribution in [2.24, 2.45) is 0 Å². The van der Waals surface area contributed by atoms with Crippen molar-refractivity contribution in [3.63, 3.8) is 0 Å². The quantitative estimate of drug-likeness (QED) is 0.837. The molecule has 1 unspecified atom stereocenters. The summed E-state index contributed by atoms with van der Waals surface area (Å²) in [5.41, 5.74) is 1.71. The van der Waals surface area contributed by atoms with E-state index in [2.05, 4.69) is 10.6 Å². The van der Waals surface area contributed by atoms with Crippen molar-refractivity contribution in [3.8, 4) is 0 Å². The number of carbonyl (C=O) groups excluding carboxylic acids is 1. The number of rotatable bonds is 6. The van der Waals surface area contributed by atoms with Crippen LogP contribution in [0.25, 0.3) is 0 Å². The highest BCUT2D eigenvalue weighted by Gasteiger charge is 2.10. The maximum Gasteiger partial charge on any atom is 0.250 e. The maximum atomic E-state index is 11.4. The Morgan fingerprint density at radius 3 is 3.05 bits per heavy atom. The van der Waals surface area contributed by atoms with E-state index in [1.54, 1.807) is 6.26 Å². The van der Waals surface area contributed by atoms with Crippen molar-refractivity contribution in [2.75, 3.05) is 30.9 Å². The van der Waals surface area contributed by atoms with Crippen molar-refractivity contribution < 1.29 is 14.3 Å². The summed E-state index contributed by atoms with van der Waals surface area (Å²) in [5, 5.41) is 6.09. The zero-order valence-electron chi connectivity index (χ0n) is 11.6. The normalized spacial score (nSPS) is 17.4. The summed E-state index contributed by atoms with van der Waals surface area (Å²) in [5.74, 6) is -0.162. The monoisotopic (exact) mass is 276 g/mol. The van der Waals surface area contributed by atoms with Gasteiger partial charge in [0.1, 0.15) is 12.7 Å². The van der Waals surface area contributed by atoms with Crippen LogP contribution in [0.3, 0.4) is 0 Å². The van der Waals surface area contributed by atoms with Gasteiger partial charge in [0.25, 0.3) is 0 Å². The SMILES string of the molecule is COCC(=O)Nc1cccc(NCC2CCC=CO2)c1. The molecule has 1 aliphatic heterocycles. The van der Waals surface area contributed by atoms with E-state index in [1.165, 1.54) is 7.11 Å². The highest BCUT2D eigenvalue weighted by Crippen LogP contribution is 2.16. The third-order valence-electron chi connectivity index (χ3n) is 2.98. The number of hydrogen-bond donors (Lipinski definition) is 2. The van der Waals surface area contributed by atoms with Gasteiger partial charge in [0.05, 0.1) is 12.8 Å². The van der Waals surface area contributed by atoms with Gasteiger partial charge in [-0.2, -0.15) is 0 Å². The van der Waals surface area contributed by atoms with Crippen molar-refractivity contribution in [2.45, 2.75) is 18.9 Å². The predicted molar refractivity (Wildman–Crippen MR) is 78.7 cm³/mol. The van der Waals surface area contributed by atoms with Gasteiger partial charge < -0.3 is 20.1 Å². The van der Waals surface area contributed by atoms with Crippen LogP contribution in [0, 0.1) is 0 Å². The molecule has 0 saturated heterocycles. The number of methoxy groups -OCH3 is 1. The first-order chi connectivity index (χ1) is 9.78. The first-order valence-electron chi connectivity index (χ1n) is 6.71. The van der Waals surface area contributed by atoms with Crippen LogP contribution in [0.2, 0.25) is 0 Å². The number of carbonyl (C=O) groups is 1. The molecule has 1 amide bonds. The van der Waals surface area contributed by atoms with Gasteiger partial charge in [-0.05, 0) is 37.1 Å². The lowest BCUT2D eigenvalue weighted by atomic mass is 10.1. The van der Waals surface area contributed by atoms with E-state index < -0.39 is 0 Å². The zero-order valence-corrected chi connectivity index (χ0v) is 11.6. The molecule has 1 atom stereocenters. The maximum absolute atomic E-state index is 11.4. The molecule has 20 heavy (non-hydrogen) atoms. The third kappa shape index (κ3) is 4.59. The van der Waals surface area contributed by atoms with Crippen LogP contribution in [0.1, 0.15) is 12.8 Å². The first kappa shape index (κ1) is 14.4. The fourth-order valence-corrected chi connectivity index (χ4v) is 2.00. The molecule has 2 N–H and O–H groups in total. The lowest BCUT2D eigenvalue weighted by molar-refractivity contribution is -0.119. The highest BCUT2D eigenvalue weighted by molar-refractivity contribution is 5.92. The van der Waals surface area contributed by atoms with E-state index in [-0.39, 0.29) is 18.6 Å². The molecule has 0 saturated carbocycles. The molecular weight excluding hydrogens is 256 g/mol. The molecule has 0 aromatic heterocycles. The first-order valence-corrected chi connectivity index (χ1v) is 6.71. The molecule has 2 rings (SSSR count). The molecule has 0 radical (unpaired) electrons. The molecule has 5 heteroatoms. The summed E-state index contributed by atoms with van der Waals surface area (Å²) in [6, 6.07) is 7.60. The van der Waals surface area contributed by atoms with Gasteiger partial charge in [-0.3, -0.25) is 4.79 Å². The fraction of sp³-hybridized carbons (Fsp3) is 0.400. The minimum atomic E-state index is -0.162. The van der Waals surface area contributed by atoms with E-state index in [1.807, 2.05) is 30.3 Å². The van der Waals surface area contributed by atoms with E-state index in [4.69, 9.17) is 9.47 Å². The summed E-state index contributed by atoms with van der Waals surface area (Å²) in [4.78, 5) is 11.4. The van der Waals surface area contributed by atoms with Crippen LogP contribution in [0.4, 0.5) is 11.4 Å². The number of nitrogens with one attached hydrogen (secondary N) is 2. The molecule has 0 fully saturated rings. The summed E-state index contributed by atoms with van der Waals surface area (Å²) >= 11 is 0. The third-order valence-corrected chi connectivity index (χ3v) is 2.98. The lowest BCUT2D eigenvalue weighted by Gasteiger charge is -2.20. The molecule has 1 aromatic carbocycles. The molecule has 0 aliphatic carbocycles. The topological polar surface area (TPSA) is 59.6 Å². The van der Waals surface area contributed by atoms with Crippen molar-refractivity contribution >= 4 is 17.3 Å². The minimum Gasteiger partial charge on any atom is -0.497 e. The Morgan fingerprint density at radius 2 is 2.30 bits per heavy atom. The summed E-state index contributed by atoms with van der Waals surface area (Å²) < 4.78 is 10.3. The van der Waals surface area contributed by atoms with Crippen LogP contribution in [-0.4, -0.2) is 32.3 Å². The molecule has 108 valence electrons. The highest BCUT2D eigenvalue weighted by atomic mass is 16.5. The van der Waals surface area contributed by atoms with Gasteiger partial charge in [0.2, 0.25) is 5.91 Å². The number of allylic oxidation sites excluding steroid dienone is 1. The van der Waals surface area contributed by atoms with Crippen LogP contribution in [-0.2, 0) is 14.3 Å². The molecule has 0 bridgehead atoms. The van der Waals surface area contributed by atoms with Crippen LogP contribution >= 0.6 is 0 Å². The number of anilines is 2. The van der Waals surface area contributed by atoms with Crippen LogP contribution in [0.15, 0.2) is 36.6 Å². The number of amides is 1. The molecule has 1 aromatic rings. The Labute approximate surface area is 119 Å². The second-order valence-electron chi connectivity index (χ2n) is 4.65. The number of benzene rings is 1. The fourth-order valence-electron chi connectivity index (χ4n) is 2.00. The number of ether oxygens (including phenoxy) is 2. The van der Waals surface area contributed by atoms with E-state index in [0.717, 1.165) is 30.8 Å². The van der Waals surface area contributed by atoms with Gasteiger partial charge >= 0.3 is 0 Å². The van der Waals surface area contributed by atoms with Gasteiger partial charge in [-0.1, -0.05) is 6.07 Å². The Bertz CT molecular complexity index is 474. The average molecular weight is 276 g/mol. The standard InChI is InChI=1S/C15H20N2O3/c1-19-11-15(18)17-13-6-4-5-12(9-13)16-10-14-7-2-3-8-20-14/h3-6,8-9,14,16H,2,7,10-11H2,1H3,(H,17,18). The van der Waals surface area contributed by atoms with Crippen molar-refractivity contribution in [1.29, 1.82) is 0 Å². The van der Waals surface area contributed by atoms with Crippen LogP contribution in [0.5, 0.6) is 0 Å². The zero-order chi connectivity index (χ0) is 14.2. The van der Waals surface area contributed by atoms with Gasteiger partial charge in [0.15, 0.2) is 0 Å². The molecule has 1 aliphatic rings. The Hall–Kier alpha value is -2.01. The Morgan fingerprint density at radius 1 is 1.45 bits per heavy atom. The predicted octanol–water partition coefficient (Wildman–Crippen LogP) is 2.38. The lowest BCUT2D eigenvalue weighted by Crippen LogP contribution is -2.23. The van der Waals surface area contributed by atoms with Gasteiger partial charge in [-0.25, -0.2) is 0 Å². The van der Waals surface area contributed by atoms with Crippen LogP contribution < -0.4 is 10.6 Å². The average Bonchev–Trinajstić information content (AvgIpc) is 2.47. The van der Waals surface area contributed by atoms with Gasteiger partial charge in [0, 0.05) is 18.5 Å². The molecule has 1 heterocycles. The molecule has 5 nitrogen and oxygen atoms in total. The largest absolute Gasteiger partial charge is 0.497 e. The summed E-state index contributed by atoms with van der Waals surface area (Å²) in [7, 11) is 1.50. The van der Waals surface area contributed by atoms with Crippen molar-refractivity contribution in [1.82, 2.24) is 0 Å². The molecular formula is C15H20N2O3. The van der Waals surface area contributed by atoms with E-state index in [9.17, 15) is 4.79 Å².